The molecule has 0 aromatic carbocycles. The first-order chi connectivity index (χ1) is 44.9. The van der Waals surface area contributed by atoms with Crippen molar-refractivity contribution in [3.8, 4) is 0 Å². The molecule has 6 atom stereocenters. The van der Waals surface area contributed by atoms with E-state index in [1.54, 1.807) is 0 Å². The first-order valence-electron chi connectivity index (χ1n) is 37.8. The van der Waals surface area contributed by atoms with Crippen molar-refractivity contribution in [2.45, 2.75) is 374 Å². The molecule has 17 nitrogen and oxygen atoms in total. The number of unbranched alkanes of at least 4 members (excludes halogenated alkanes) is 37. The third-order valence-electron chi connectivity index (χ3n) is 16.9. The minimum absolute atomic E-state index is 0.0996. The smallest absolute Gasteiger partial charge is 0.462 e. The van der Waals surface area contributed by atoms with Crippen LogP contribution in [0, 0.1) is 11.8 Å². The van der Waals surface area contributed by atoms with Crippen molar-refractivity contribution >= 4 is 39.5 Å². The number of phosphoric ester groups is 2. The van der Waals surface area contributed by atoms with E-state index < -0.39 is 97.5 Å². The van der Waals surface area contributed by atoms with Crippen molar-refractivity contribution in [3.63, 3.8) is 0 Å². The molecule has 0 fully saturated rings. The fourth-order valence-corrected chi connectivity index (χ4v) is 12.3. The Morgan fingerprint density at radius 1 is 0.355 bits per heavy atom. The zero-order valence-corrected chi connectivity index (χ0v) is 61.8. The molecule has 0 aliphatic heterocycles. The van der Waals surface area contributed by atoms with Crippen molar-refractivity contribution < 1.29 is 80.2 Å². The Kier molecular flexibility index (Phi) is 63.7. The van der Waals surface area contributed by atoms with E-state index in [0.29, 0.717) is 31.6 Å². The van der Waals surface area contributed by atoms with E-state index in [4.69, 9.17) is 37.0 Å². The molecule has 0 spiro atoms. The Balaban J connectivity index is 5.25. The molecule has 0 aliphatic rings. The highest BCUT2D eigenvalue weighted by Crippen LogP contribution is 2.45. The number of aliphatic hydroxyl groups excluding tert-OH is 1. The quantitative estimate of drug-likeness (QED) is 0.0169. The fourth-order valence-electron chi connectivity index (χ4n) is 10.7. The van der Waals surface area contributed by atoms with Crippen molar-refractivity contribution in [1.82, 2.24) is 0 Å². The number of rotatable bonds is 71. The second kappa shape index (κ2) is 65.5. The van der Waals surface area contributed by atoms with Crippen LogP contribution in [-0.2, 0) is 65.4 Å². The number of hydrogen-bond acceptors (Lipinski definition) is 15. The molecule has 0 bridgehead atoms. The molecular weight excluding hydrogens is 1220 g/mol. The van der Waals surface area contributed by atoms with Gasteiger partial charge in [0, 0.05) is 25.7 Å². The summed E-state index contributed by atoms with van der Waals surface area (Å²) in [6, 6.07) is 0. The molecule has 0 aromatic heterocycles. The largest absolute Gasteiger partial charge is 0.472 e. The molecule has 3 unspecified atom stereocenters. The van der Waals surface area contributed by atoms with Gasteiger partial charge >= 0.3 is 39.5 Å². The van der Waals surface area contributed by atoms with Gasteiger partial charge in [0.05, 0.1) is 26.4 Å². The summed E-state index contributed by atoms with van der Waals surface area (Å²) in [4.78, 5) is 72.6. The lowest BCUT2D eigenvalue weighted by Crippen LogP contribution is -2.30. The molecule has 19 heteroatoms. The van der Waals surface area contributed by atoms with Gasteiger partial charge in [0.15, 0.2) is 12.2 Å². The highest BCUT2D eigenvalue weighted by atomic mass is 31.2. The number of hydrogen-bond donors (Lipinski definition) is 3. The van der Waals surface area contributed by atoms with Crippen molar-refractivity contribution in [3.05, 3.63) is 24.3 Å². The van der Waals surface area contributed by atoms with E-state index >= 15 is 0 Å². The minimum atomic E-state index is -4.96. The van der Waals surface area contributed by atoms with Crippen LogP contribution < -0.4 is 0 Å². The van der Waals surface area contributed by atoms with Gasteiger partial charge in [-0.1, -0.05) is 303 Å². The number of allylic oxidation sites excluding steroid dienone is 4. The molecule has 548 valence electrons. The van der Waals surface area contributed by atoms with E-state index in [1.165, 1.54) is 148 Å². The van der Waals surface area contributed by atoms with Crippen LogP contribution in [0.3, 0.4) is 0 Å². The van der Waals surface area contributed by atoms with E-state index in [9.17, 15) is 43.2 Å². The van der Waals surface area contributed by atoms with Crippen LogP contribution in [0.25, 0.3) is 0 Å². The number of ether oxygens (including phenoxy) is 4. The van der Waals surface area contributed by atoms with Gasteiger partial charge in [0.25, 0.3) is 0 Å². The average Bonchev–Trinajstić information content (AvgIpc) is 3.44. The predicted octanol–water partition coefficient (Wildman–Crippen LogP) is 21.1. The Hall–Kier alpha value is -2.46. The molecule has 0 aliphatic carbocycles. The lowest BCUT2D eigenvalue weighted by atomic mass is 10.00. The Bertz CT molecular complexity index is 1900. The standard InChI is InChI=1S/C74H140O17P2/c1-7-10-12-14-16-18-20-22-24-25-26-27-29-31-33-35-37-46-52-58-73(78)90-69(62-84-71(76)56-50-44-36-34-32-30-28-23-21-19-17-15-13-11-8-2)64-88-92(80,81)86-60-68(75)61-87-93(82,83)89-65-70(63-85-72(77)57-51-45-40-38-42-48-54-66(4)5)91-74(79)59-53-47-41-39-43-49-55-67(6)9-3/h19,21,23,28,66-70,75H,7-18,20,22,24-27,29-65H2,1-6H3,(H,80,81)(H,82,83)/b21-19-,28-23-/t67?,68-,69-,70-/m1/s1. The topological polar surface area (TPSA) is 237 Å². The number of aliphatic hydroxyl groups is 1. The van der Waals surface area contributed by atoms with Crippen LogP contribution in [0.4, 0.5) is 0 Å². The molecule has 3 N–H and O–H groups in total. The zero-order valence-electron chi connectivity index (χ0n) is 60.0. The lowest BCUT2D eigenvalue weighted by molar-refractivity contribution is -0.161. The van der Waals surface area contributed by atoms with E-state index in [2.05, 4.69) is 65.8 Å². The summed E-state index contributed by atoms with van der Waals surface area (Å²) in [5, 5.41) is 10.6. The summed E-state index contributed by atoms with van der Waals surface area (Å²) in [5.74, 6) is -0.759. The van der Waals surface area contributed by atoms with E-state index in [0.717, 1.165) is 121 Å². The molecule has 0 radical (unpaired) electrons. The van der Waals surface area contributed by atoms with Crippen LogP contribution in [0.1, 0.15) is 356 Å². The summed E-state index contributed by atoms with van der Waals surface area (Å²) < 4.78 is 68.3. The number of carbonyl (C=O) groups is 4. The van der Waals surface area contributed by atoms with Gasteiger partial charge in [-0.15, -0.1) is 0 Å². The normalized spacial score (nSPS) is 14.5. The monoisotopic (exact) mass is 1360 g/mol. The van der Waals surface area contributed by atoms with Crippen LogP contribution in [-0.4, -0.2) is 96.7 Å². The van der Waals surface area contributed by atoms with E-state index in [1.807, 2.05) is 0 Å². The second-order valence-corrected chi connectivity index (χ2v) is 29.6. The molecule has 0 heterocycles. The summed E-state index contributed by atoms with van der Waals surface area (Å²) >= 11 is 0. The van der Waals surface area contributed by atoms with Crippen LogP contribution in [0.5, 0.6) is 0 Å². The van der Waals surface area contributed by atoms with Gasteiger partial charge < -0.3 is 33.8 Å². The second-order valence-electron chi connectivity index (χ2n) is 26.7. The summed E-state index contributed by atoms with van der Waals surface area (Å²) in [5.41, 5.74) is 0. The zero-order chi connectivity index (χ0) is 68.6. The maximum atomic E-state index is 13.1. The first kappa shape index (κ1) is 90.5. The minimum Gasteiger partial charge on any atom is -0.462 e. The van der Waals surface area contributed by atoms with Crippen molar-refractivity contribution in [1.29, 1.82) is 0 Å². The predicted molar refractivity (Wildman–Crippen MR) is 377 cm³/mol. The van der Waals surface area contributed by atoms with Gasteiger partial charge in [-0.3, -0.25) is 37.3 Å². The van der Waals surface area contributed by atoms with Crippen molar-refractivity contribution in [2.75, 3.05) is 39.6 Å². The van der Waals surface area contributed by atoms with E-state index in [-0.39, 0.29) is 25.7 Å². The summed E-state index contributed by atoms with van der Waals surface area (Å²) in [7, 11) is -9.92. The molecule has 0 saturated carbocycles. The first-order valence-corrected chi connectivity index (χ1v) is 40.8. The van der Waals surface area contributed by atoms with Crippen molar-refractivity contribution in [2.24, 2.45) is 11.8 Å². The third-order valence-corrected chi connectivity index (χ3v) is 18.8. The Morgan fingerprint density at radius 2 is 0.634 bits per heavy atom. The van der Waals surface area contributed by atoms with Crippen LogP contribution in [0.2, 0.25) is 0 Å². The SMILES string of the molecule is CCCCCC/C=C\C=C/CCCCCCCC(=O)OC[C@H](COP(=O)(O)OC[C@@H](O)COP(=O)(O)OC[C@@H](COC(=O)CCCCCCCCC(C)C)OC(=O)CCCCCCCCC(C)CC)OC(=O)CCCCCCCCCCCCCCCCCCCCC. The third kappa shape index (κ3) is 66.6. The fraction of sp³-hybridized carbons (Fsp3) is 0.892. The Labute approximate surface area is 567 Å². The van der Waals surface area contributed by atoms with Crippen LogP contribution in [0.15, 0.2) is 24.3 Å². The molecule has 0 rings (SSSR count). The molecule has 0 aromatic rings. The number of esters is 4. The maximum absolute atomic E-state index is 13.1. The molecule has 0 saturated heterocycles. The summed E-state index contributed by atoms with van der Waals surface area (Å²) in [6.07, 6.45) is 55.3. The van der Waals surface area contributed by atoms with Gasteiger partial charge in [0.2, 0.25) is 0 Å². The number of carbonyl (C=O) groups excluding carboxylic acids is 4. The van der Waals surface area contributed by atoms with Gasteiger partial charge in [-0.05, 0) is 63.2 Å². The lowest BCUT2D eigenvalue weighted by Gasteiger charge is -2.21. The van der Waals surface area contributed by atoms with Gasteiger partial charge in [-0.25, -0.2) is 9.13 Å². The summed E-state index contributed by atoms with van der Waals surface area (Å²) in [6.45, 7) is 9.37. The maximum Gasteiger partial charge on any atom is 0.472 e. The highest BCUT2D eigenvalue weighted by molar-refractivity contribution is 7.47. The Morgan fingerprint density at radius 3 is 0.968 bits per heavy atom. The van der Waals surface area contributed by atoms with Gasteiger partial charge in [-0.2, -0.15) is 0 Å². The number of phosphoric acid groups is 2. The molecular formula is C74H140O17P2. The average molecular weight is 1360 g/mol. The highest BCUT2D eigenvalue weighted by Gasteiger charge is 2.30. The van der Waals surface area contributed by atoms with Crippen LogP contribution >= 0.6 is 15.6 Å². The van der Waals surface area contributed by atoms with Gasteiger partial charge in [0.1, 0.15) is 19.3 Å². The molecule has 0 amide bonds. The molecule has 93 heavy (non-hydrogen) atoms.